The van der Waals surface area contributed by atoms with Crippen molar-refractivity contribution in [3.8, 4) is 11.3 Å². The fraction of sp³-hybridized carbons (Fsp3) is 0.412. The largest absolute Gasteiger partial charge is 0.393 e. The number of hydrogen-bond donors (Lipinski definition) is 2. The second-order valence-electron chi connectivity index (χ2n) is 5.92. The van der Waals surface area contributed by atoms with Gasteiger partial charge in [-0.05, 0) is 32.6 Å². The average molecular weight is 300 g/mol. The Kier molecular flexibility index (Phi) is 4.24. The van der Waals surface area contributed by atoms with Crippen LogP contribution in [0.15, 0.2) is 34.9 Å². The number of aliphatic hydroxyl groups is 1. The Balaban J connectivity index is 1.65. The normalized spacial score (nSPS) is 21.5. The molecule has 1 aliphatic rings. The van der Waals surface area contributed by atoms with E-state index in [9.17, 15) is 9.90 Å². The summed E-state index contributed by atoms with van der Waals surface area (Å²) in [5, 5.41) is 16.4. The van der Waals surface area contributed by atoms with E-state index in [4.69, 9.17) is 4.52 Å². The Bertz CT molecular complexity index is 640. The number of aromatic nitrogens is 1. The minimum Gasteiger partial charge on any atom is -0.393 e. The maximum atomic E-state index is 12.2. The Morgan fingerprint density at radius 3 is 2.59 bits per heavy atom. The number of nitrogens with one attached hydrogen (secondary N) is 1. The molecular weight excluding hydrogens is 280 g/mol. The third-order valence-electron chi connectivity index (χ3n) is 4.11. The average Bonchev–Trinajstić information content (AvgIpc) is 3.00. The maximum Gasteiger partial charge on any atom is 0.290 e. The van der Waals surface area contributed by atoms with Crippen molar-refractivity contribution in [3.05, 3.63) is 41.7 Å². The minimum atomic E-state index is -0.243. The summed E-state index contributed by atoms with van der Waals surface area (Å²) in [7, 11) is 0. The molecule has 1 saturated carbocycles. The number of carbonyl (C=O) groups is 1. The lowest BCUT2D eigenvalue weighted by Gasteiger charge is -2.25. The number of aryl methyl sites for hydroxylation is 1. The molecule has 0 saturated heterocycles. The fourth-order valence-corrected chi connectivity index (χ4v) is 2.72. The van der Waals surface area contributed by atoms with Crippen LogP contribution >= 0.6 is 0 Å². The molecule has 0 unspecified atom stereocenters. The second kappa shape index (κ2) is 6.32. The molecule has 5 heteroatoms. The van der Waals surface area contributed by atoms with Crippen LogP contribution in [0, 0.1) is 6.92 Å². The number of hydrogen-bond acceptors (Lipinski definition) is 4. The van der Waals surface area contributed by atoms with Gasteiger partial charge in [0.05, 0.1) is 6.10 Å². The maximum absolute atomic E-state index is 12.2. The van der Waals surface area contributed by atoms with Gasteiger partial charge < -0.3 is 14.9 Å². The van der Waals surface area contributed by atoms with E-state index in [0.717, 1.165) is 31.2 Å². The molecule has 1 aliphatic carbocycles. The van der Waals surface area contributed by atoms with E-state index < -0.39 is 0 Å². The quantitative estimate of drug-likeness (QED) is 0.914. The van der Waals surface area contributed by atoms with Crippen LogP contribution in [-0.4, -0.2) is 28.3 Å². The summed E-state index contributed by atoms with van der Waals surface area (Å²) in [6.45, 7) is 2.02. The molecule has 1 heterocycles. The standard InChI is InChI=1S/C17H20N2O3/c1-11-2-4-12(5-3-11)15-10-16(22-19-15)17(21)18-13-6-8-14(20)9-7-13/h2-5,10,13-14,20H,6-9H2,1H3,(H,18,21). The summed E-state index contributed by atoms with van der Waals surface area (Å²) >= 11 is 0. The van der Waals surface area contributed by atoms with Crippen LogP contribution in [0.3, 0.4) is 0 Å². The van der Waals surface area contributed by atoms with Crippen molar-refractivity contribution in [1.29, 1.82) is 0 Å². The monoisotopic (exact) mass is 300 g/mol. The first kappa shape index (κ1) is 14.8. The predicted molar refractivity (Wildman–Crippen MR) is 82.4 cm³/mol. The van der Waals surface area contributed by atoms with Gasteiger partial charge in [-0.1, -0.05) is 35.0 Å². The Labute approximate surface area is 129 Å². The summed E-state index contributed by atoms with van der Waals surface area (Å²) in [6, 6.07) is 9.67. The van der Waals surface area contributed by atoms with Crippen LogP contribution < -0.4 is 5.32 Å². The Hall–Kier alpha value is -2.14. The lowest BCUT2D eigenvalue weighted by atomic mass is 9.93. The van der Waals surface area contributed by atoms with Crippen molar-refractivity contribution in [1.82, 2.24) is 10.5 Å². The Morgan fingerprint density at radius 2 is 1.91 bits per heavy atom. The molecule has 0 radical (unpaired) electrons. The molecule has 1 aromatic carbocycles. The molecule has 22 heavy (non-hydrogen) atoms. The molecular formula is C17H20N2O3. The van der Waals surface area contributed by atoms with E-state index in [0.29, 0.717) is 5.69 Å². The number of rotatable bonds is 3. The third-order valence-corrected chi connectivity index (χ3v) is 4.11. The highest BCUT2D eigenvalue weighted by Gasteiger charge is 2.23. The highest BCUT2D eigenvalue weighted by atomic mass is 16.5. The fourth-order valence-electron chi connectivity index (χ4n) is 2.72. The van der Waals surface area contributed by atoms with Crippen LogP contribution in [0.2, 0.25) is 0 Å². The molecule has 0 aliphatic heterocycles. The number of aliphatic hydroxyl groups excluding tert-OH is 1. The van der Waals surface area contributed by atoms with Gasteiger partial charge in [0, 0.05) is 17.7 Å². The lowest BCUT2D eigenvalue weighted by molar-refractivity contribution is 0.0835. The van der Waals surface area contributed by atoms with Crippen molar-refractivity contribution in [3.63, 3.8) is 0 Å². The second-order valence-corrected chi connectivity index (χ2v) is 5.92. The highest BCUT2D eigenvalue weighted by molar-refractivity contribution is 5.92. The molecule has 3 rings (SSSR count). The summed E-state index contributed by atoms with van der Waals surface area (Å²) in [4.78, 5) is 12.2. The van der Waals surface area contributed by atoms with Gasteiger partial charge in [0.25, 0.3) is 5.91 Å². The third kappa shape index (κ3) is 3.36. The van der Waals surface area contributed by atoms with Gasteiger partial charge in [0.1, 0.15) is 5.69 Å². The van der Waals surface area contributed by atoms with E-state index in [2.05, 4.69) is 10.5 Å². The van der Waals surface area contributed by atoms with E-state index in [1.807, 2.05) is 31.2 Å². The number of benzene rings is 1. The van der Waals surface area contributed by atoms with Gasteiger partial charge in [0.15, 0.2) is 0 Å². The first-order valence-electron chi connectivity index (χ1n) is 7.64. The van der Waals surface area contributed by atoms with Crippen molar-refractivity contribution in [2.75, 3.05) is 0 Å². The first-order valence-corrected chi connectivity index (χ1v) is 7.64. The van der Waals surface area contributed by atoms with Crippen LogP contribution in [0.4, 0.5) is 0 Å². The van der Waals surface area contributed by atoms with Crippen LogP contribution in [-0.2, 0) is 0 Å². The smallest absolute Gasteiger partial charge is 0.290 e. The zero-order valence-corrected chi connectivity index (χ0v) is 12.6. The number of nitrogens with zero attached hydrogens (tertiary/aromatic N) is 1. The van der Waals surface area contributed by atoms with Crippen molar-refractivity contribution in [2.45, 2.75) is 44.8 Å². The zero-order valence-electron chi connectivity index (χ0n) is 12.6. The van der Waals surface area contributed by atoms with Crippen LogP contribution in [0.25, 0.3) is 11.3 Å². The lowest BCUT2D eigenvalue weighted by Crippen LogP contribution is -2.38. The van der Waals surface area contributed by atoms with Gasteiger partial charge in [-0.15, -0.1) is 0 Å². The van der Waals surface area contributed by atoms with Gasteiger partial charge in [0.2, 0.25) is 5.76 Å². The van der Waals surface area contributed by atoms with E-state index >= 15 is 0 Å². The number of carbonyl (C=O) groups excluding carboxylic acids is 1. The van der Waals surface area contributed by atoms with Crippen molar-refractivity contribution < 1.29 is 14.4 Å². The van der Waals surface area contributed by atoms with Crippen LogP contribution in [0.5, 0.6) is 0 Å². The minimum absolute atomic E-state index is 0.101. The molecule has 116 valence electrons. The van der Waals surface area contributed by atoms with Gasteiger partial charge >= 0.3 is 0 Å². The van der Waals surface area contributed by atoms with Crippen molar-refractivity contribution >= 4 is 5.91 Å². The summed E-state index contributed by atoms with van der Waals surface area (Å²) in [5.41, 5.74) is 2.75. The van der Waals surface area contributed by atoms with Gasteiger partial charge in [-0.3, -0.25) is 4.79 Å². The number of amides is 1. The zero-order chi connectivity index (χ0) is 15.5. The summed E-state index contributed by atoms with van der Waals surface area (Å²) in [6.07, 6.45) is 2.83. The predicted octanol–water partition coefficient (Wildman–Crippen LogP) is 2.68. The first-order chi connectivity index (χ1) is 10.6. The van der Waals surface area contributed by atoms with Crippen LogP contribution in [0.1, 0.15) is 41.8 Å². The molecule has 0 bridgehead atoms. The SMILES string of the molecule is Cc1ccc(-c2cc(C(=O)NC3CCC(O)CC3)on2)cc1. The molecule has 2 aromatic rings. The summed E-state index contributed by atoms with van der Waals surface area (Å²) in [5.74, 6) is -0.0195. The highest BCUT2D eigenvalue weighted by Crippen LogP contribution is 2.21. The molecule has 1 fully saturated rings. The molecule has 5 nitrogen and oxygen atoms in total. The molecule has 2 N–H and O–H groups in total. The van der Waals surface area contributed by atoms with Gasteiger partial charge in [-0.2, -0.15) is 0 Å². The summed E-state index contributed by atoms with van der Waals surface area (Å²) < 4.78 is 5.16. The molecule has 0 atom stereocenters. The van der Waals surface area contributed by atoms with E-state index in [1.165, 1.54) is 5.56 Å². The van der Waals surface area contributed by atoms with E-state index in [-0.39, 0.29) is 23.8 Å². The Morgan fingerprint density at radius 1 is 1.23 bits per heavy atom. The molecule has 1 amide bonds. The van der Waals surface area contributed by atoms with E-state index in [1.54, 1.807) is 6.07 Å². The molecule has 1 aromatic heterocycles. The topological polar surface area (TPSA) is 75.4 Å². The molecule has 0 spiro atoms. The van der Waals surface area contributed by atoms with Crippen molar-refractivity contribution in [2.24, 2.45) is 0 Å². The van der Waals surface area contributed by atoms with Gasteiger partial charge in [-0.25, -0.2) is 0 Å².